The Labute approximate surface area is 102 Å². The summed E-state index contributed by atoms with van der Waals surface area (Å²) < 4.78 is 1.90. The van der Waals surface area contributed by atoms with Crippen LogP contribution >= 0.6 is 11.6 Å². The molecule has 3 rings (SSSR count). The molecule has 0 saturated heterocycles. The lowest BCUT2D eigenvalue weighted by atomic mass is 10.2. The summed E-state index contributed by atoms with van der Waals surface area (Å²) >= 11 is 6.23. The Hall–Kier alpha value is -1.65. The van der Waals surface area contributed by atoms with Gasteiger partial charge in [-0.3, -0.25) is 4.40 Å². The van der Waals surface area contributed by atoms with Crippen molar-refractivity contribution in [2.45, 2.75) is 6.42 Å². The highest BCUT2D eigenvalue weighted by Crippen LogP contribution is 2.25. The molecule has 0 spiro atoms. The van der Waals surface area contributed by atoms with Crippen molar-refractivity contribution in [3.63, 3.8) is 0 Å². The van der Waals surface area contributed by atoms with Crippen LogP contribution in [0.2, 0.25) is 5.02 Å². The second-order valence-electron chi connectivity index (χ2n) is 3.79. The topological polar surface area (TPSA) is 50.4 Å². The fourth-order valence-electron chi connectivity index (χ4n) is 2.01. The minimum Gasteiger partial charge on any atom is -0.396 e. The van der Waals surface area contributed by atoms with Crippen molar-refractivity contribution in [3.8, 4) is 0 Å². The maximum atomic E-state index is 9.02. The van der Waals surface area contributed by atoms with Crippen LogP contribution in [0.1, 0.15) is 5.82 Å². The second kappa shape index (κ2) is 3.98. The molecule has 1 N–H and O–H groups in total. The standard InChI is InChI=1S/C12H10ClN3O/c13-9-3-1-2-8-4-5-10-14-15-11(6-7-17)16(10)12(8)9/h1-5,17H,6-7H2. The van der Waals surface area contributed by atoms with Gasteiger partial charge in [-0.1, -0.05) is 23.7 Å². The van der Waals surface area contributed by atoms with Gasteiger partial charge in [-0.15, -0.1) is 10.2 Å². The number of aliphatic hydroxyl groups excluding tert-OH is 1. The number of pyridine rings is 1. The van der Waals surface area contributed by atoms with Gasteiger partial charge in [0.2, 0.25) is 0 Å². The largest absolute Gasteiger partial charge is 0.396 e. The smallest absolute Gasteiger partial charge is 0.161 e. The summed E-state index contributed by atoms with van der Waals surface area (Å²) in [4.78, 5) is 0. The number of halogens is 1. The van der Waals surface area contributed by atoms with Crippen LogP contribution in [0.5, 0.6) is 0 Å². The van der Waals surface area contributed by atoms with E-state index in [1.165, 1.54) is 0 Å². The van der Waals surface area contributed by atoms with E-state index in [2.05, 4.69) is 10.2 Å². The Morgan fingerprint density at radius 1 is 1.18 bits per heavy atom. The summed E-state index contributed by atoms with van der Waals surface area (Å²) in [6.45, 7) is 0.0433. The molecule has 0 bridgehead atoms. The first-order valence-electron chi connectivity index (χ1n) is 5.33. The number of hydrogen-bond acceptors (Lipinski definition) is 3. The van der Waals surface area contributed by atoms with Crippen LogP contribution in [0.3, 0.4) is 0 Å². The molecule has 86 valence electrons. The second-order valence-corrected chi connectivity index (χ2v) is 4.20. The zero-order chi connectivity index (χ0) is 11.8. The Morgan fingerprint density at radius 3 is 2.88 bits per heavy atom. The molecule has 0 atom stereocenters. The number of hydrogen-bond donors (Lipinski definition) is 1. The van der Waals surface area contributed by atoms with Crippen molar-refractivity contribution in [1.82, 2.24) is 14.6 Å². The Bertz CT molecular complexity index is 693. The van der Waals surface area contributed by atoms with Gasteiger partial charge in [0, 0.05) is 11.8 Å². The van der Waals surface area contributed by atoms with Gasteiger partial charge in [-0.05, 0) is 18.2 Å². The van der Waals surface area contributed by atoms with E-state index in [1.807, 2.05) is 34.7 Å². The molecule has 0 radical (unpaired) electrons. The molecule has 17 heavy (non-hydrogen) atoms. The zero-order valence-corrected chi connectivity index (χ0v) is 9.72. The van der Waals surface area contributed by atoms with Crippen LogP contribution in [-0.2, 0) is 6.42 Å². The van der Waals surface area contributed by atoms with Crippen LogP contribution in [0.15, 0.2) is 30.3 Å². The maximum Gasteiger partial charge on any atom is 0.161 e. The molecule has 4 nitrogen and oxygen atoms in total. The van der Waals surface area contributed by atoms with Gasteiger partial charge in [-0.2, -0.15) is 0 Å². The predicted octanol–water partition coefficient (Wildman–Crippen LogP) is 2.07. The average Bonchev–Trinajstić information content (AvgIpc) is 2.73. The van der Waals surface area contributed by atoms with Gasteiger partial charge in [-0.25, -0.2) is 0 Å². The molecule has 0 unspecified atom stereocenters. The van der Waals surface area contributed by atoms with E-state index in [4.69, 9.17) is 16.7 Å². The first kappa shape index (κ1) is 10.5. The first-order valence-corrected chi connectivity index (χ1v) is 5.71. The third kappa shape index (κ3) is 1.57. The van der Waals surface area contributed by atoms with Gasteiger partial charge in [0.1, 0.15) is 5.82 Å². The van der Waals surface area contributed by atoms with Crippen molar-refractivity contribution >= 4 is 28.2 Å². The van der Waals surface area contributed by atoms with Gasteiger partial charge in [0.05, 0.1) is 17.1 Å². The van der Waals surface area contributed by atoms with Crippen LogP contribution in [0.4, 0.5) is 0 Å². The normalized spacial score (nSPS) is 11.4. The number of fused-ring (bicyclic) bond motifs is 3. The molecule has 2 aromatic heterocycles. The summed E-state index contributed by atoms with van der Waals surface area (Å²) in [6.07, 6.45) is 0.464. The Kier molecular flexibility index (Phi) is 2.46. The van der Waals surface area contributed by atoms with Crippen LogP contribution < -0.4 is 0 Å². The zero-order valence-electron chi connectivity index (χ0n) is 8.97. The van der Waals surface area contributed by atoms with Gasteiger partial charge < -0.3 is 5.11 Å². The minimum atomic E-state index is 0.0433. The highest BCUT2D eigenvalue weighted by Gasteiger charge is 2.10. The van der Waals surface area contributed by atoms with Crippen molar-refractivity contribution in [3.05, 3.63) is 41.2 Å². The lowest BCUT2D eigenvalue weighted by Gasteiger charge is -2.05. The number of nitrogens with zero attached hydrogens (tertiary/aromatic N) is 3. The van der Waals surface area contributed by atoms with Gasteiger partial charge in [0.15, 0.2) is 5.65 Å². The third-order valence-electron chi connectivity index (χ3n) is 2.74. The number of aliphatic hydroxyl groups is 1. The van der Waals surface area contributed by atoms with E-state index in [-0.39, 0.29) is 6.61 Å². The molecule has 0 amide bonds. The maximum absolute atomic E-state index is 9.02. The van der Waals surface area contributed by atoms with Crippen LogP contribution in [-0.4, -0.2) is 26.3 Å². The summed E-state index contributed by atoms with van der Waals surface area (Å²) in [6, 6.07) is 9.60. The number of para-hydroxylation sites is 1. The molecular formula is C12H10ClN3O. The molecule has 5 heteroatoms. The SMILES string of the molecule is OCCc1nnc2ccc3cccc(Cl)c3n12. The number of aromatic nitrogens is 3. The third-order valence-corrected chi connectivity index (χ3v) is 3.05. The highest BCUT2D eigenvalue weighted by atomic mass is 35.5. The molecule has 0 saturated carbocycles. The fourth-order valence-corrected chi connectivity index (χ4v) is 2.28. The monoisotopic (exact) mass is 247 g/mol. The lowest BCUT2D eigenvalue weighted by Crippen LogP contribution is -1.99. The predicted molar refractivity (Wildman–Crippen MR) is 66.3 cm³/mol. The number of benzene rings is 1. The molecule has 2 heterocycles. The van der Waals surface area contributed by atoms with Gasteiger partial charge in [0.25, 0.3) is 0 Å². The summed E-state index contributed by atoms with van der Waals surface area (Å²) in [5.41, 5.74) is 1.63. The van der Waals surface area contributed by atoms with E-state index < -0.39 is 0 Å². The summed E-state index contributed by atoms with van der Waals surface area (Å²) in [5, 5.41) is 18.9. The molecule has 0 aliphatic carbocycles. The quantitative estimate of drug-likeness (QED) is 0.754. The molecule has 3 aromatic rings. The van der Waals surface area contributed by atoms with E-state index in [1.54, 1.807) is 0 Å². The minimum absolute atomic E-state index is 0.0433. The van der Waals surface area contributed by atoms with Crippen LogP contribution in [0, 0.1) is 0 Å². The van der Waals surface area contributed by atoms with Crippen LogP contribution in [0.25, 0.3) is 16.6 Å². The van der Waals surface area contributed by atoms with E-state index in [0.717, 1.165) is 22.4 Å². The molecule has 0 aliphatic rings. The molecule has 0 aliphatic heterocycles. The van der Waals surface area contributed by atoms with Gasteiger partial charge >= 0.3 is 0 Å². The van der Waals surface area contributed by atoms with Crippen molar-refractivity contribution < 1.29 is 5.11 Å². The fraction of sp³-hybridized carbons (Fsp3) is 0.167. The van der Waals surface area contributed by atoms with Crippen molar-refractivity contribution in [2.24, 2.45) is 0 Å². The Balaban J connectivity index is 2.47. The molecule has 1 aromatic carbocycles. The van der Waals surface area contributed by atoms with E-state index in [0.29, 0.717) is 11.4 Å². The summed E-state index contributed by atoms with van der Waals surface area (Å²) in [5.74, 6) is 0.723. The van der Waals surface area contributed by atoms with E-state index >= 15 is 0 Å². The number of rotatable bonds is 2. The highest BCUT2D eigenvalue weighted by molar-refractivity contribution is 6.35. The first-order chi connectivity index (χ1) is 8.31. The molecular weight excluding hydrogens is 238 g/mol. The lowest BCUT2D eigenvalue weighted by molar-refractivity contribution is 0.296. The van der Waals surface area contributed by atoms with E-state index in [9.17, 15) is 0 Å². The average molecular weight is 248 g/mol. The van der Waals surface area contributed by atoms with Crippen molar-refractivity contribution in [2.75, 3.05) is 6.61 Å². The summed E-state index contributed by atoms with van der Waals surface area (Å²) in [7, 11) is 0. The Morgan fingerprint density at radius 2 is 2.06 bits per heavy atom. The molecule has 0 fully saturated rings. The van der Waals surface area contributed by atoms with Crippen molar-refractivity contribution in [1.29, 1.82) is 0 Å².